The molecule has 59 heavy (non-hydrogen) atoms. The van der Waals surface area contributed by atoms with Gasteiger partial charge in [-0.05, 0) is 74.6 Å². The van der Waals surface area contributed by atoms with Crippen LogP contribution < -0.4 is 31.9 Å². The first kappa shape index (κ1) is 47.2. The number of likely N-dealkylation sites (N-methyl/N-ethyl adjacent to an activating group) is 1. The molecule has 0 bridgehead atoms. The largest absolute Gasteiger partial charge is 0.508 e. The molecular formula is C41H57N7O11. The molecule has 0 radical (unpaired) electrons. The Morgan fingerprint density at radius 1 is 0.864 bits per heavy atom. The Balaban J connectivity index is 1.96. The highest BCUT2D eigenvalue weighted by molar-refractivity contribution is 5.96. The van der Waals surface area contributed by atoms with Gasteiger partial charge in [-0.3, -0.25) is 28.8 Å². The van der Waals surface area contributed by atoms with E-state index in [9.17, 15) is 48.6 Å². The fraction of sp³-hybridized carbons (Fsp3) is 0.512. The zero-order valence-corrected chi connectivity index (χ0v) is 34.1. The number of carbonyl (C=O) groups excluding carboxylic acids is 7. The quantitative estimate of drug-likeness (QED) is 0.140. The first-order valence-corrected chi connectivity index (χ1v) is 19.6. The third-order valence-corrected chi connectivity index (χ3v) is 10.1. The number of methoxy groups -OCH3 is 1. The highest BCUT2D eigenvalue weighted by atomic mass is 16.5. The third kappa shape index (κ3) is 15.2. The number of hydrogen-bond acceptors (Lipinski definition) is 10. The molecule has 7 amide bonds. The molecule has 0 spiro atoms. The van der Waals surface area contributed by atoms with E-state index in [2.05, 4.69) is 36.6 Å². The molecule has 0 saturated carbocycles. The molecule has 1 fully saturated rings. The van der Waals surface area contributed by atoms with E-state index < -0.39 is 89.7 Å². The zero-order valence-electron chi connectivity index (χ0n) is 34.1. The molecule has 1 aliphatic heterocycles. The van der Waals surface area contributed by atoms with Gasteiger partial charge in [0.2, 0.25) is 29.5 Å². The predicted octanol–water partition coefficient (Wildman–Crippen LogP) is 0.899. The van der Waals surface area contributed by atoms with Crippen LogP contribution >= 0.6 is 0 Å². The number of phenolic OH excluding ortho intramolecular Hbond substituents is 1. The number of aliphatic carboxylic acids is 1. The number of nitrogens with zero attached hydrogens (tertiary/aromatic N) is 1. The first-order chi connectivity index (χ1) is 28.0. The topological polar surface area (TPSA) is 262 Å². The number of hydrogen-bond donors (Lipinski definition) is 8. The van der Waals surface area contributed by atoms with Crippen molar-refractivity contribution in [2.75, 3.05) is 20.7 Å². The molecule has 2 aromatic rings. The lowest BCUT2D eigenvalue weighted by Crippen LogP contribution is -2.60. The van der Waals surface area contributed by atoms with Crippen molar-refractivity contribution in [3.05, 3.63) is 65.7 Å². The Morgan fingerprint density at radius 2 is 1.53 bits per heavy atom. The molecular weight excluding hydrogens is 766 g/mol. The van der Waals surface area contributed by atoms with Gasteiger partial charge in [0.05, 0.1) is 7.11 Å². The maximum absolute atomic E-state index is 14.2. The van der Waals surface area contributed by atoms with Crippen LogP contribution in [0.25, 0.3) is 0 Å². The second-order valence-electron chi connectivity index (χ2n) is 14.8. The molecule has 0 aliphatic carbocycles. The van der Waals surface area contributed by atoms with Crippen molar-refractivity contribution >= 4 is 47.5 Å². The van der Waals surface area contributed by atoms with Crippen molar-refractivity contribution in [1.29, 1.82) is 0 Å². The second-order valence-corrected chi connectivity index (χ2v) is 14.8. The summed E-state index contributed by atoms with van der Waals surface area (Å²) in [5.74, 6) is -5.77. The SMILES string of the molecule is COC(=O)CC[C@@H](NC(=O)N[C@@H]1CCCCNC(=O)[C@H](Cc2ccccc2)NC(=O)[C@H](C)N(C)C(=O)[C@H](CCc2ccc(O)cc2)NC(=O)[C@H](C(C)C)NC1=O)C(=O)O. The standard InChI is InChI=1S/C41H57N7O11/c1-24(2)34-38(54)43-30(19-16-26-14-17-28(49)18-15-26)39(55)48(4)25(3)35(51)44-32(23-27-11-7-6-8-12-27)36(52)42-22-10-9-13-29(37(53)47-34)45-41(58)46-31(40(56)57)20-21-33(50)59-5/h6-8,11-12,14-15,17-18,24-25,29-32,34,49H,9-10,13,16,19-23H2,1-5H3,(H,42,52)(H,43,54)(H,44,51)(H,47,53)(H,56,57)(H2,45,46,58)/t25-,29+,30-,31+,32-,34-/m0/s1. The van der Waals surface area contributed by atoms with Gasteiger partial charge in [0.1, 0.15) is 42.0 Å². The second kappa shape index (κ2) is 23.3. The number of amides is 7. The van der Waals surface area contributed by atoms with Gasteiger partial charge < -0.3 is 51.8 Å². The summed E-state index contributed by atoms with van der Waals surface area (Å²) in [7, 11) is 2.55. The number of rotatable bonds is 12. The molecule has 18 heteroatoms. The number of urea groups is 1. The van der Waals surface area contributed by atoms with Gasteiger partial charge in [-0.15, -0.1) is 0 Å². The van der Waals surface area contributed by atoms with E-state index in [1.807, 2.05) is 18.2 Å². The molecule has 18 nitrogen and oxygen atoms in total. The number of esters is 1. The Labute approximate surface area is 343 Å². The molecule has 6 atom stereocenters. The lowest BCUT2D eigenvalue weighted by Gasteiger charge is -2.31. The number of aryl methyl sites for hydroxylation is 1. The summed E-state index contributed by atoms with van der Waals surface area (Å²) >= 11 is 0. The smallest absolute Gasteiger partial charge is 0.326 e. The van der Waals surface area contributed by atoms with Crippen LogP contribution in [-0.4, -0.2) is 120 Å². The Hall–Kier alpha value is -6.20. The summed E-state index contributed by atoms with van der Waals surface area (Å²) in [5, 5.41) is 35.2. The number of carboxylic acid groups (broad SMARTS) is 1. The van der Waals surface area contributed by atoms with Crippen LogP contribution in [0.15, 0.2) is 54.6 Å². The van der Waals surface area contributed by atoms with Gasteiger partial charge >= 0.3 is 18.0 Å². The van der Waals surface area contributed by atoms with Crippen molar-refractivity contribution < 1.29 is 53.3 Å². The summed E-state index contributed by atoms with van der Waals surface area (Å²) in [4.78, 5) is 107. The van der Waals surface area contributed by atoms with E-state index in [4.69, 9.17) is 0 Å². The minimum Gasteiger partial charge on any atom is -0.508 e. The van der Waals surface area contributed by atoms with Crippen LogP contribution in [0.5, 0.6) is 5.75 Å². The van der Waals surface area contributed by atoms with Crippen LogP contribution in [0.3, 0.4) is 0 Å². The van der Waals surface area contributed by atoms with E-state index in [1.165, 1.54) is 31.0 Å². The number of nitrogens with one attached hydrogen (secondary N) is 6. The summed E-state index contributed by atoms with van der Waals surface area (Å²) in [6.07, 6.45) is 0.508. The van der Waals surface area contributed by atoms with Crippen LogP contribution in [0.4, 0.5) is 4.79 Å². The van der Waals surface area contributed by atoms with Gasteiger partial charge in [-0.1, -0.05) is 56.3 Å². The highest BCUT2D eigenvalue weighted by Gasteiger charge is 2.35. The van der Waals surface area contributed by atoms with Crippen molar-refractivity contribution in [3.8, 4) is 5.75 Å². The van der Waals surface area contributed by atoms with Crippen LogP contribution in [0.2, 0.25) is 0 Å². The zero-order chi connectivity index (χ0) is 43.6. The van der Waals surface area contributed by atoms with Crippen molar-refractivity contribution in [2.24, 2.45) is 5.92 Å². The molecule has 1 saturated heterocycles. The Bertz CT molecular complexity index is 1770. The third-order valence-electron chi connectivity index (χ3n) is 10.1. The number of carbonyl (C=O) groups is 8. The molecule has 0 unspecified atom stereocenters. The summed E-state index contributed by atoms with van der Waals surface area (Å²) in [5.41, 5.74) is 1.52. The molecule has 1 aliphatic rings. The average Bonchev–Trinajstić information content (AvgIpc) is 3.21. The van der Waals surface area contributed by atoms with Crippen LogP contribution in [0, 0.1) is 5.92 Å². The number of aromatic hydroxyl groups is 1. The van der Waals surface area contributed by atoms with E-state index in [0.717, 1.165) is 18.2 Å². The normalized spacial score (nSPS) is 22.0. The summed E-state index contributed by atoms with van der Waals surface area (Å²) in [6, 6.07) is 7.03. The Kier molecular flexibility index (Phi) is 18.6. The van der Waals surface area contributed by atoms with Gasteiger partial charge in [0, 0.05) is 26.4 Å². The molecule has 8 N–H and O–H groups in total. The number of ether oxygens (including phenoxy) is 1. The van der Waals surface area contributed by atoms with Crippen molar-refractivity contribution in [2.45, 2.75) is 108 Å². The van der Waals surface area contributed by atoms with E-state index in [1.54, 1.807) is 38.1 Å². The minimum absolute atomic E-state index is 0.00167. The molecule has 322 valence electrons. The van der Waals surface area contributed by atoms with Crippen LogP contribution in [0.1, 0.15) is 70.4 Å². The Morgan fingerprint density at radius 3 is 2.15 bits per heavy atom. The maximum atomic E-state index is 14.2. The summed E-state index contributed by atoms with van der Waals surface area (Å²) < 4.78 is 4.56. The number of carboxylic acids is 1. The van der Waals surface area contributed by atoms with Crippen LogP contribution in [-0.2, 0) is 51.1 Å². The lowest BCUT2D eigenvalue weighted by molar-refractivity contribution is -0.142. The molecule has 1 heterocycles. The van der Waals surface area contributed by atoms with Crippen molar-refractivity contribution in [1.82, 2.24) is 36.8 Å². The maximum Gasteiger partial charge on any atom is 0.326 e. The predicted molar refractivity (Wildman–Crippen MR) is 214 cm³/mol. The number of phenols is 1. The lowest BCUT2D eigenvalue weighted by atomic mass is 9.99. The molecule has 2 aromatic carbocycles. The highest BCUT2D eigenvalue weighted by Crippen LogP contribution is 2.15. The monoisotopic (exact) mass is 823 g/mol. The number of benzene rings is 2. The van der Waals surface area contributed by atoms with Gasteiger partial charge in [0.15, 0.2) is 0 Å². The fourth-order valence-electron chi connectivity index (χ4n) is 6.30. The van der Waals surface area contributed by atoms with E-state index in [-0.39, 0.29) is 57.2 Å². The average molecular weight is 824 g/mol. The summed E-state index contributed by atoms with van der Waals surface area (Å²) in [6.45, 7) is 4.98. The van der Waals surface area contributed by atoms with Gasteiger partial charge in [-0.25, -0.2) is 9.59 Å². The molecule has 0 aromatic heterocycles. The fourth-order valence-corrected chi connectivity index (χ4v) is 6.30. The molecule has 3 rings (SSSR count). The van der Waals surface area contributed by atoms with Gasteiger partial charge in [0.25, 0.3) is 0 Å². The minimum atomic E-state index is -1.49. The van der Waals surface area contributed by atoms with E-state index >= 15 is 0 Å². The first-order valence-electron chi connectivity index (χ1n) is 19.6. The van der Waals surface area contributed by atoms with E-state index in [0.29, 0.717) is 6.42 Å². The van der Waals surface area contributed by atoms with Crippen molar-refractivity contribution in [3.63, 3.8) is 0 Å². The van der Waals surface area contributed by atoms with Gasteiger partial charge in [-0.2, -0.15) is 0 Å².